The van der Waals surface area contributed by atoms with Gasteiger partial charge in [-0.3, -0.25) is 28.8 Å². The maximum absolute atomic E-state index is 12.1. The van der Waals surface area contributed by atoms with Crippen LogP contribution >= 0.6 is 11.8 Å². The van der Waals surface area contributed by atoms with Crippen molar-refractivity contribution in [3.05, 3.63) is 0 Å². The third-order valence-corrected chi connectivity index (χ3v) is 5.58. The van der Waals surface area contributed by atoms with Crippen molar-refractivity contribution in [3.63, 3.8) is 0 Å². The standard InChI is InChI=1S/C20H29NO11S/c1-10(22)21-7-8-33-20(21)19(32-15(6)27)18(31-14(5)26)17(30-13(4)25)16(29-12(3)24)9-28-11(2)23/h16-20H,7-9H2,1-6H3/t16-,17+,18+,19-,20-/m0/s1. The Kier molecular flexibility index (Phi) is 11.1. The summed E-state index contributed by atoms with van der Waals surface area (Å²) in [5, 5.41) is -0.791. The van der Waals surface area contributed by atoms with Gasteiger partial charge in [-0.1, -0.05) is 0 Å². The van der Waals surface area contributed by atoms with E-state index in [0.29, 0.717) is 12.3 Å². The first kappa shape index (κ1) is 28.2. The van der Waals surface area contributed by atoms with Crippen molar-refractivity contribution in [1.29, 1.82) is 0 Å². The molecule has 13 heteroatoms. The van der Waals surface area contributed by atoms with E-state index in [9.17, 15) is 28.8 Å². The van der Waals surface area contributed by atoms with Gasteiger partial charge >= 0.3 is 29.8 Å². The molecule has 0 aromatic rings. The van der Waals surface area contributed by atoms with Gasteiger partial charge in [-0.15, -0.1) is 11.8 Å². The van der Waals surface area contributed by atoms with E-state index in [1.165, 1.54) is 23.6 Å². The zero-order chi connectivity index (χ0) is 25.3. The molecule has 1 aliphatic heterocycles. The maximum Gasteiger partial charge on any atom is 0.303 e. The monoisotopic (exact) mass is 491 g/mol. The van der Waals surface area contributed by atoms with Crippen molar-refractivity contribution < 1.29 is 52.5 Å². The molecule has 1 aliphatic rings. The molecule has 5 atom stereocenters. The molecule has 1 saturated heterocycles. The fourth-order valence-electron chi connectivity index (χ4n) is 3.24. The van der Waals surface area contributed by atoms with Crippen LogP contribution in [0, 0.1) is 0 Å². The molecule has 1 amide bonds. The number of esters is 5. The number of hydrogen-bond donors (Lipinski definition) is 0. The Bertz CT molecular complexity index is 771. The van der Waals surface area contributed by atoms with Crippen molar-refractivity contribution in [2.75, 3.05) is 18.9 Å². The molecule has 0 saturated carbocycles. The summed E-state index contributed by atoms with van der Waals surface area (Å²) in [5.74, 6) is -3.71. The molecule has 0 aromatic heterocycles. The van der Waals surface area contributed by atoms with Crippen LogP contribution in [-0.2, 0) is 52.5 Å². The Balaban J connectivity index is 3.55. The lowest BCUT2D eigenvalue weighted by Crippen LogP contribution is -2.58. The molecule has 0 radical (unpaired) electrons. The van der Waals surface area contributed by atoms with Crippen molar-refractivity contribution >= 4 is 47.5 Å². The highest BCUT2D eigenvalue weighted by Crippen LogP contribution is 2.33. The van der Waals surface area contributed by atoms with E-state index >= 15 is 0 Å². The lowest BCUT2D eigenvalue weighted by molar-refractivity contribution is -0.204. The van der Waals surface area contributed by atoms with Gasteiger partial charge in [-0.2, -0.15) is 0 Å². The quantitative estimate of drug-likeness (QED) is 0.303. The molecule has 0 aromatic carbocycles. The van der Waals surface area contributed by atoms with Crippen molar-refractivity contribution in [2.24, 2.45) is 0 Å². The highest BCUT2D eigenvalue weighted by atomic mass is 32.2. The molecule has 0 bridgehead atoms. The summed E-state index contributed by atoms with van der Waals surface area (Å²) in [6.45, 7) is 6.62. The van der Waals surface area contributed by atoms with E-state index < -0.39 is 66.2 Å². The van der Waals surface area contributed by atoms with Crippen LogP contribution < -0.4 is 0 Å². The predicted octanol–water partition coefficient (Wildman–Crippen LogP) is 0.198. The number of carbonyl (C=O) groups is 6. The van der Waals surface area contributed by atoms with Gasteiger partial charge in [0.2, 0.25) is 5.91 Å². The van der Waals surface area contributed by atoms with Gasteiger partial charge in [0.25, 0.3) is 0 Å². The molecule has 0 unspecified atom stereocenters. The first-order valence-corrected chi connectivity index (χ1v) is 11.1. The largest absolute Gasteiger partial charge is 0.462 e. The topological polar surface area (TPSA) is 152 Å². The SMILES string of the molecule is CC(=O)OC[C@H](OC(C)=O)[C@@H](OC(C)=O)[C@@H](OC(C)=O)[C@H](OC(C)=O)[C@@H]1SCCN1C(C)=O. The summed E-state index contributed by atoms with van der Waals surface area (Å²) in [6, 6.07) is 0. The fourth-order valence-corrected chi connectivity index (χ4v) is 4.62. The van der Waals surface area contributed by atoms with Gasteiger partial charge in [0, 0.05) is 53.8 Å². The molecule has 1 fully saturated rings. The first-order valence-electron chi connectivity index (χ1n) is 10.0. The normalized spacial score (nSPS) is 18.8. The highest BCUT2D eigenvalue weighted by molar-refractivity contribution is 8.00. The van der Waals surface area contributed by atoms with E-state index in [-0.39, 0.29) is 5.91 Å². The van der Waals surface area contributed by atoms with Crippen LogP contribution in [-0.4, -0.2) is 89.3 Å². The lowest BCUT2D eigenvalue weighted by atomic mass is 10.0. The van der Waals surface area contributed by atoms with Crippen LogP contribution in [0.1, 0.15) is 41.5 Å². The van der Waals surface area contributed by atoms with Crippen LogP contribution in [0.25, 0.3) is 0 Å². The van der Waals surface area contributed by atoms with E-state index in [1.807, 2.05) is 0 Å². The Morgan fingerprint density at radius 3 is 1.73 bits per heavy atom. The number of ether oxygens (including phenoxy) is 5. The smallest absolute Gasteiger partial charge is 0.303 e. The van der Waals surface area contributed by atoms with Gasteiger partial charge in [0.15, 0.2) is 24.4 Å². The summed E-state index contributed by atoms with van der Waals surface area (Å²) >= 11 is 1.27. The van der Waals surface area contributed by atoms with Crippen molar-refractivity contribution in [1.82, 2.24) is 4.90 Å². The van der Waals surface area contributed by atoms with Crippen LogP contribution in [0.2, 0.25) is 0 Å². The molecule has 1 rings (SSSR count). The third kappa shape index (κ3) is 9.28. The molecular formula is C20H29NO11S. The Labute approximate surface area is 195 Å². The van der Waals surface area contributed by atoms with E-state index in [2.05, 4.69) is 0 Å². The summed E-state index contributed by atoms with van der Waals surface area (Å²) in [5.41, 5.74) is 0. The number of amides is 1. The fraction of sp³-hybridized carbons (Fsp3) is 0.700. The average molecular weight is 492 g/mol. The molecule has 1 heterocycles. The first-order chi connectivity index (χ1) is 15.3. The third-order valence-electron chi connectivity index (χ3n) is 4.30. The van der Waals surface area contributed by atoms with Gasteiger partial charge in [-0.05, 0) is 0 Å². The molecule has 0 spiro atoms. The number of rotatable bonds is 10. The Morgan fingerprint density at radius 1 is 0.758 bits per heavy atom. The van der Waals surface area contributed by atoms with Crippen molar-refractivity contribution in [2.45, 2.75) is 71.3 Å². The minimum absolute atomic E-state index is 0.316. The molecule has 186 valence electrons. The van der Waals surface area contributed by atoms with Gasteiger partial charge in [-0.25, -0.2) is 0 Å². The van der Waals surface area contributed by atoms with Crippen LogP contribution in [0.4, 0.5) is 0 Å². The predicted molar refractivity (Wildman–Crippen MR) is 112 cm³/mol. The van der Waals surface area contributed by atoms with Gasteiger partial charge in [0.05, 0.1) is 0 Å². The lowest BCUT2D eigenvalue weighted by Gasteiger charge is -2.39. The van der Waals surface area contributed by atoms with Gasteiger partial charge in [0.1, 0.15) is 12.0 Å². The van der Waals surface area contributed by atoms with E-state index in [0.717, 1.165) is 34.6 Å². The summed E-state index contributed by atoms with van der Waals surface area (Å²) < 4.78 is 26.3. The minimum atomic E-state index is -1.53. The van der Waals surface area contributed by atoms with Crippen LogP contribution in [0.15, 0.2) is 0 Å². The van der Waals surface area contributed by atoms with Crippen LogP contribution in [0.5, 0.6) is 0 Å². The number of thioether (sulfide) groups is 1. The maximum atomic E-state index is 12.1. The van der Waals surface area contributed by atoms with E-state index in [1.54, 1.807) is 0 Å². The second-order valence-corrected chi connectivity index (χ2v) is 8.37. The molecule has 0 N–H and O–H groups in total. The molecule has 0 aliphatic carbocycles. The number of hydrogen-bond acceptors (Lipinski definition) is 12. The average Bonchev–Trinajstić information content (AvgIpc) is 3.15. The minimum Gasteiger partial charge on any atom is -0.462 e. The van der Waals surface area contributed by atoms with Crippen LogP contribution in [0.3, 0.4) is 0 Å². The molecule has 12 nitrogen and oxygen atoms in total. The zero-order valence-electron chi connectivity index (χ0n) is 19.4. The number of nitrogens with zero attached hydrogens (tertiary/aromatic N) is 1. The molecule has 33 heavy (non-hydrogen) atoms. The highest BCUT2D eigenvalue weighted by Gasteiger charge is 2.49. The summed E-state index contributed by atoms with van der Waals surface area (Å²) in [6.07, 6.45) is -5.75. The summed E-state index contributed by atoms with van der Waals surface area (Å²) in [7, 11) is 0. The zero-order valence-corrected chi connectivity index (χ0v) is 20.2. The molecular weight excluding hydrogens is 462 g/mol. The Hall–Kier alpha value is -2.83. The summed E-state index contributed by atoms with van der Waals surface area (Å²) in [4.78, 5) is 72.5. The second-order valence-electron chi connectivity index (χ2n) is 7.15. The Morgan fingerprint density at radius 2 is 1.27 bits per heavy atom. The second kappa shape index (κ2) is 13.0. The van der Waals surface area contributed by atoms with E-state index in [4.69, 9.17) is 23.7 Å². The van der Waals surface area contributed by atoms with Gasteiger partial charge < -0.3 is 28.6 Å². The van der Waals surface area contributed by atoms with Crippen molar-refractivity contribution in [3.8, 4) is 0 Å². The number of carbonyl (C=O) groups excluding carboxylic acids is 6.